The van der Waals surface area contributed by atoms with E-state index in [1.54, 1.807) is 0 Å². The van der Waals surface area contributed by atoms with Crippen LogP contribution in [0.1, 0.15) is 59.8 Å². The molecule has 1 saturated carbocycles. The lowest BCUT2D eigenvalue weighted by Crippen LogP contribution is -2.52. The predicted octanol–water partition coefficient (Wildman–Crippen LogP) is 3.16. The van der Waals surface area contributed by atoms with Gasteiger partial charge in [-0.05, 0) is 58.8 Å². The van der Waals surface area contributed by atoms with Gasteiger partial charge in [0, 0.05) is 25.2 Å². The number of nitrogens with zero attached hydrogens (tertiary/aromatic N) is 1. The summed E-state index contributed by atoms with van der Waals surface area (Å²) < 4.78 is 5.48. The molecule has 20 heavy (non-hydrogen) atoms. The maximum absolute atomic E-state index is 12.1. The lowest BCUT2D eigenvalue weighted by atomic mass is 10.0. The number of ether oxygens (including phenoxy) is 1. The van der Waals surface area contributed by atoms with E-state index in [0.717, 1.165) is 25.4 Å². The van der Waals surface area contributed by atoms with Gasteiger partial charge >= 0.3 is 6.09 Å². The molecular weight excluding hydrogens is 252 g/mol. The van der Waals surface area contributed by atoms with Gasteiger partial charge in [-0.25, -0.2) is 4.79 Å². The maximum Gasteiger partial charge on any atom is 0.410 e. The summed E-state index contributed by atoms with van der Waals surface area (Å²) in [6.07, 6.45) is 6.00. The van der Waals surface area contributed by atoms with Crippen molar-refractivity contribution in [1.29, 1.82) is 0 Å². The number of rotatable bonds is 4. The minimum absolute atomic E-state index is 0.163. The Kier molecular flexibility index (Phi) is 4.95. The van der Waals surface area contributed by atoms with Crippen molar-refractivity contribution in [3.63, 3.8) is 0 Å². The van der Waals surface area contributed by atoms with Crippen LogP contribution < -0.4 is 5.32 Å². The first-order valence-electron chi connectivity index (χ1n) is 8.13. The van der Waals surface area contributed by atoms with Gasteiger partial charge < -0.3 is 15.0 Å². The first kappa shape index (κ1) is 15.6. The highest BCUT2D eigenvalue weighted by molar-refractivity contribution is 5.68. The summed E-state index contributed by atoms with van der Waals surface area (Å²) in [5.41, 5.74) is -0.405. The molecule has 0 radical (unpaired) electrons. The third-order valence-electron chi connectivity index (χ3n) is 4.15. The second kappa shape index (κ2) is 6.33. The number of hydrogen-bond acceptors (Lipinski definition) is 3. The summed E-state index contributed by atoms with van der Waals surface area (Å²) in [6, 6.07) is 1.07. The monoisotopic (exact) mass is 282 g/mol. The van der Waals surface area contributed by atoms with Gasteiger partial charge in [0.2, 0.25) is 0 Å². The smallest absolute Gasteiger partial charge is 0.410 e. The fourth-order valence-electron chi connectivity index (χ4n) is 2.99. The molecule has 1 amide bonds. The topological polar surface area (TPSA) is 41.6 Å². The molecule has 4 nitrogen and oxygen atoms in total. The molecule has 1 aliphatic heterocycles. The van der Waals surface area contributed by atoms with E-state index in [4.69, 9.17) is 4.74 Å². The summed E-state index contributed by atoms with van der Waals surface area (Å²) in [5.74, 6) is 0.872. The van der Waals surface area contributed by atoms with Crippen molar-refractivity contribution in [2.75, 3.05) is 13.1 Å². The van der Waals surface area contributed by atoms with E-state index in [2.05, 4.69) is 12.2 Å². The quantitative estimate of drug-likeness (QED) is 0.861. The summed E-state index contributed by atoms with van der Waals surface area (Å²) in [5, 5.41) is 3.77. The average molecular weight is 282 g/mol. The number of carbonyl (C=O) groups is 1. The highest BCUT2D eigenvalue weighted by atomic mass is 16.6. The van der Waals surface area contributed by atoms with Crippen LogP contribution >= 0.6 is 0 Å². The average Bonchev–Trinajstić information content (AvgIpc) is 3.18. The number of likely N-dealkylation sites (tertiary alicyclic amines) is 1. The van der Waals surface area contributed by atoms with Crippen molar-refractivity contribution in [2.24, 2.45) is 5.92 Å². The Bertz CT molecular complexity index is 334. The van der Waals surface area contributed by atoms with Gasteiger partial charge in [-0.1, -0.05) is 6.92 Å². The SMILES string of the molecule is CCC(NC1CCCN(C(=O)OC(C)(C)C)C1)C1CC1. The molecule has 4 heteroatoms. The van der Waals surface area contributed by atoms with E-state index >= 15 is 0 Å². The van der Waals surface area contributed by atoms with Crippen LogP contribution in [-0.2, 0) is 4.74 Å². The molecule has 1 heterocycles. The summed E-state index contributed by atoms with van der Waals surface area (Å²) in [6.45, 7) is 9.64. The Morgan fingerprint density at radius 3 is 2.60 bits per heavy atom. The zero-order chi connectivity index (χ0) is 14.8. The van der Waals surface area contributed by atoms with Gasteiger partial charge in [0.25, 0.3) is 0 Å². The molecule has 116 valence electrons. The van der Waals surface area contributed by atoms with Gasteiger partial charge in [-0.15, -0.1) is 0 Å². The number of nitrogens with one attached hydrogen (secondary N) is 1. The first-order valence-corrected chi connectivity index (χ1v) is 8.13. The van der Waals surface area contributed by atoms with Crippen molar-refractivity contribution < 1.29 is 9.53 Å². The molecule has 1 saturated heterocycles. The minimum atomic E-state index is -0.405. The number of piperidine rings is 1. The van der Waals surface area contributed by atoms with Gasteiger partial charge in [0.05, 0.1) is 0 Å². The first-order chi connectivity index (χ1) is 9.39. The van der Waals surface area contributed by atoms with Crippen LogP contribution in [0.3, 0.4) is 0 Å². The lowest BCUT2D eigenvalue weighted by molar-refractivity contribution is 0.0182. The maximum atomic E-state index is 12.1. The fourth-order valence-corrected chi connectivity index (χ4v) is 2.99. The van der Waals surface area contributed by atoms with Crippen molar-refractivity contribution in [2.45, 2.75) is 77.5 Å². The number of carbonyl (C=O) groups excluding carboxylic acids is 1. The normalized spacial score (nSPS) is 25.4. The van der Waals surface area contributed by atoms with Crippen LogP contribution in [0.2, 0.25) is 0 Å². The molecule has 2 fully saturated rings. The van der Waals surface area contributed by atoms with Crippen LogP contribution in [0.15, 0.2) is 0 Å². The number of amides is 1. The van der Waals surface area contributed by atoms with Gasteiger partial charge in [0.1, 0.15) is 5.60 Å². The second-order valence-electron chi connectivity index (χ2n) is 7.28. The Balaban J connectivity index is 1.83. The minimum Gasteiger partial charge on any atom is -0.444 e. The molecule has 1 N–H and O–H groups in total. The number of hydrogen-bond donors (Lipinski definition) is 1. The Labute approximate surface area is 123 Å². The predicted molar refractivity (Wildman–Crippen MR) is 80.8 cm³/mol. The third-order valence-corrected chi connectivity index (χ3v) is 4.15. The summed E-state index contributed by atoms with van der Waals surface area (Å²) >= 11 is 0. The van der Waals surface area contributed by atoms with E-state index < -0.39 is 5.60 Å². The fraction of sp³-hybridized carbons (Fsp3) is 0.938. The zero-order valence-corrected chi connectivity index (χ0v) is 13.4. The molecule has 2 aliphatic rings. The van der Waals surface area contributed by atoms with Crippen molar-refractivity contribution >= 4 is 6.09 Å². The summed E-state index contributed by atoms with van der Waals surface area (Å²) in [4.78, 5) is 14.0. The van der Waals surface area contributed by atoms with Crippen LogP contribution in [0, 0.1) is 5.92 Å². The van der Waals surface area contributed by atoms with Crippen molar-refractivity contribution in [1.82, 2.24) is 10.2 Å². The van der Waals surface area contributed by atoms with Crippen molar-refractivity contribution in [3.05, 3.63) is 0 Å². The molecule has 2 atom stereocenters. The largest absolute Gasteiger partial charge is 0.444 e. The van der Waals surface area contributed by atoms with Crippen LogP contribution in [0.4, 0.5) is 4.79 Å². The zero-order valence-electron chi connectivity index (χ0n) is 13.4. The highest BCUT2D eigenvalue weighted by Crippen LogP contribution is 2.34. The molecule has 0 spiro atoms. The van der Waals surface area contributed by atoms with Crippen LogP contribution in [0.25, 0.3) is 0 Å². The Morgan fingerprint density at radius 2 is 2.05 bits per heavy atom. The van der Waals surface area contributed by atoms with E-state index in [0.29, 0.717) is 12.1 Å². The van der Waals surface area contributed by atoms with E-state index in [1.807, 2.05) is 25.7 Å². The van der Waals surface area contributed by atoms with Crippen LogP contribution in [0.5, 0.6) is 0 Å². The molecule has 0 aromatic carbocycles. The second-order valence-corrected chi connectivity index (χ2v) is 7.28. The molecule has 0 bridgehead atoms. The standard InChI is InChI=1S/C16H30N2O2/c1-5-14(12-8-9-12)17-13-7-6-10-18(11-13)15(19)20-16(2,3)4/h12-14,17H,5-11H2,1-4H3. The molecule has 2 unspecified atom stereocenters. The molecule has 0 aromatic rings. The third kappa shape index (κ3) is 4.65. The molecule has 1 aliphatic carbocycles. The highest BCUT2D eigenvalue weighted by Gasteiger charge is 2.33. The molecule has 2 rings (SSSR count). The lowest BCUT2D eigenvalue weighted by Gasteiger charge is -2.36. The van der Waals surface area contributed by atoms with E-state index in [9.17, 15) is 4.79 Å². The Morgan fingerprint density at radius 1 is 1.35 bits per heavy atom. The van der Waals surface area contributed by atoms with E-state index in [1.165, 1.54) is 25.7 Å². The Hall–Kier alpha value is -0.770. The van der Waals surface area contributed by atoms with Gasteiger partial charge in [0.15, 0.2) is 0 Å². The van der Waals surface area contributed by atoms with Gasteiger partial charge in [-0.2, -0.15) is 0 Å². The van der Waals surface area contributed by atoms with Crippen LogP contribution in [-0.4, -0.2) is 41.8 Å². The summed E-state index contributed by atoms with van der Waals surface area (Å²) in [7, 11) is 0. The van der Waals surface area contributed by atoms with Gasteiger partial charge in [-0.3, -0.25) is 0 Å². The molecular formula is C16H30N2O2. The van der Waals surface area contributed by atoms with Crippen molar-refractivity contribution in [3.8, 4) is 0 Å². The molecule has 0 aromatic heterocycles. The van der Waals surface area contributed by atoms with E-state index in [-0.39, 0.29) is 6.09 Å².